The van der Waals surface area contributed by atoms with Crippen molar-refractivity contribution in [2.24, 2.45) is 11.8 Å². The number of nitrogens with zero attached hydrogens (tertiary/aromatic N) is 2. The molecule has 3 amide bonds. The maximum atomic E-state index is 12.8. The Balaban J connectivity index is 1.17. The average molecular weight is 438 g/mol. The van der Waals surface area contributed by atoms with E-state index < -0.39 is 0 Å². The molecule has 0 radical (unpaired) electrons. The average Bonchev–Trinajstić information content (AvgIpc) is 3.36. The summed E-state index contributed by atoms with van der Waals surface area (Å²) in [6, 6.07) is 6.06. The zero-order chi connectivity index (χ0) is 22.2. The van der Waals surface area contributed by atoms with Crippen molar-refractivity contribution in [2.75, 3.05) is 26.7 Å². The Bertz CT molecular complexity index is 1010. The van der Waals surface area contributed by atoms with Crippen LogP contribution >= 0.6 is 0 Å². The summed E-state index contributed by atoms with van der Waals surface area (Å²) in [5.41, 5.74) is 2.38. The van der Waals surface area contributed by atoms with Crippen LogP contribution in [0, 0.1) is 11.8 Å². The Morgan fingerprint density at radius 2 is 1.75 bits per heavy atom. The summed E-state index contributed by atoms with van der Waals surface area (Å²) in [6.07, 6.45) is 7.78. The van der Waals surface area contributed by atoms with Gasteiger partial charge in [0.25, 0.3) is 0 Å². The molecule has 5 rings (SSSR count). The van der Waals surface area contributed by atoms with Gasteiger partial charge in [0.15, 0.2) is 0 Å². The Hall–Kier alpha value is -2.83. The highest BCUT2D eigenvalue weighted by Gasteiger charge is 2.47. The Morgan fingerprint density at radius 1 is 1.06 bits per heavy atom. The van der Waals surface area contributed by atoms with E-state index in [1.807, 2.05) is 17.0 Å². The lowest BCUT2D eigenvalue weighted by Gasteiger charge is -2.32. The van der Waals surface area contributed by atoms with Gasteiger partial charge in [-0.05, 0) is 55.4 Å². The minimum Gasteiger partial charge on any atom is -0.497 e. The molecule has 1 N–H and O–H groups in total. The van der Waals surface area contributed by atoms with E-state index in [0.29, 0.717) is 19.0 Å². The van der Waals surface area contributed by atoms with E-state index >= 15 is 0 Å². The molecule has 0 bridgehead atoms. The minimum absolute atomic E-state index is 0.0412. The number of hydrogen-bond donors (Lipinski definition) is 1. The first-order chi connectivity index (χ1) is 15.6. The fourth-order valence-corrected chi connectivity index (χ4v) is 5.84. The number of fused-ring (bicyclic) bond motifs is 2. The molecule has 1 aromatic carbocycles. The second kappa shape index (κ2) is 8.60. The summed E-state index contributed by atoms with van der Waals surface area (Å²) < 4.78 is 5.38. The van der Waals surface area contributed by atoms with E-state index in [1.165, 1.54) is 15.8 Å². The van der Waals surface area contributed by atoms with Crippen molar-refractivity contribution >= 4 is 28.6 Å². The monoisotopic (exact) mass is 437 g/mol. The summed E-state index contributed by atoms with van der Waals surface area (Å²) in [5.74, 6) is 0.886. The van der Waals surface area contributed by atoms with Gasteiger partial charge in [0.1, 0.15) is 5.75 Å². The summed E-state index contributed by atoms with van der Waals surface area (Å²) in [6.45, 7) is 1.63. The van der Waals surface area contributed by atoms with E-state index in [2.05, 4.69) is 17.2 Å². The topological polar surface area (TPSA) is 82.7 Å². The molecule has 32 heavy (non-hydrogen) atoms. The number of piperidine rings is 1. The van der Waals surface area contributed by atoms with Gasteiger partial charge in [-0.15, -0.1) is 0 Å². The predicted octanol–water partition coefficient (Wildman–Crippen LogP) is 3.45. The molecule has 2 atom stereocenters. The number of aromatic amines is 1. The third-order valence-corrected chi connectivity index (χ3v) is 7.69. The third kappa shape index (κ3) is 3.67. The van der Waals surface area contributed by atoms with E-state index in [1.54, 1.807) is 7.11 Å². The molecule has 3 fully saturated rings. The molecular weight excluding hydrogens is 406 g/mol. The number of imide groups is 1. The van der Waals surface area contributed by atoms with Gasteiger partial charge in [-0.3, -0.25) is 19.3 Å². The lowest BCUT2D eigenvalue weighted by atomic mass is 9.81. The van der Waals surface area contributed by atoms with Crippen molar-refractivity contribution in [1.82, 2.24) is 14.8 Å². The van der Waals surface area contributed by atoms with Crippen LogP contribution in [0.5, 0.6) is 5.75 Å². The fourth-order valence-electron chi connectivity index (χ4n) is 5.84. The van der Waals surface area contributed by atoms with Gasteiger partial charge in [-0.25, -0.2) is 0 Å². The standard InChI is InChI=1S/C25H31N3O4/c1-32-17-6-7-22-20(14-17)21(15-26-22)16-8-11-27(12-9-16)23(29)10-13-28-24(30)18-4-2-3-5-19(18)25(28)31/h6-7,14-16,18-19,26H,2-5,8-13H2,1H3. The lowest BCUT2D eigenvalue weighted by Crippen LogP contribution is -2.40. The van der Waals surface area contributed by atoms with E-state index in [4.69, 9.17) is 4.74 Å². The van der Waals surface area contributed by atoms with Crippen LogP contribution in [-0.4, -0.2) is 59.2 Å². The van der Waals surface area contributed by atoms with E-state index in [0.717, 1.165) is 49.8 Å². The van der Waals surface area contributed by atoms with Gasteiger partial charge >= 0.3 is 0 Å². The number of aromatic nitrogens is 1. The first-order valence-corrected chi connectivity index (χ1v) is 11.8. The van der Waals surface area contributed by atoms with Gasteiger partial charge in [0.05, 0.1) is 18.9 Å². The molecule has 2 unspecified atom stereocenters. The molecule has 2 aromatic rings. The Kier molecular flexibility index (Phi) is 5.66. The van der Waals surface area contributed by atoms with E-state index in [-0.39, 0.29) is 42.5 Å². The zero-order valence-electron chi connectivity index (χ0n) is 18.6. The van der Waals surface area contributed by atoms with Crippen molar-refractivity contribution in [3.05, 3.63) is 30.0 Å². The largest absolute Gasteiger partial charge is 0.497 e. The molecule has 1 saturated carbocycles. The highest BCUT2D eigenvalue weighted by atomic mass is 16.5. The summed E-state index contributed by atoms with van der Waals surface area (Å²) >= 11 is 0. The minimum atomic E-state index is -0.142. The lowest BCUT2D eigenvalue weighted by molar-refractivity contribution is -0.141. The summed E-state index contributed by atoms with van der Waals surface area (Å²) in [4.78, 5) is 44.7. The molecule has 7 heteroatoms. The van der Waals surface area contributed by atoms with Crippen LogP contribution in [0.4, 0.5) is 0 Å². The number of H-pyrrole nitrogens is 1. The number of methoxy groups -OCH3 is 1. The van der Waals surface area contributed by atoms with Crippen molar-refractivity contribution in [2.45, 2.75) is 50.9 Å². The van der Waals surface area contributed by atoms with E-state index in [9.17, 15) is 14.4 Å². The Labute approximate surface area is 188 Å². The Morgan fingerprint density at radius 3 is 2.41 bits per heavy atom. The highest BCUT2D eigenvalue weighted by molar-refractivity contribution is 6.05. The van der Waals surface area contributed by atoms with Gasteiger partial charge in [0, 0.05) is 43.2 Å². The maximum absolute atomic E-state index is 12.8. The molecule has 7 nitrogen and oxygen atoms in total. The molecular formula is C25H31N3O4. The van der Waals surface area contributed by atoms with Crippen LogP contribution in [0.2, 0.25) is 0 Å². The van der Waals surface area contributed by atoms with Gasteiger partial charge in [0.2, 0.25) is 17.7 Å². The van der Waals surface area contributed by atoms with Crippen LogP contribution < -0.4 is 4.74 Å². The van der Waals surface area contributed by atoms with Crippen molar-refractivity contribution < 1.29 is 19.1 Å². The summed E-state index contributed by atoms with van der Waals surface area (Å²) in [5, 5.41) is 1.18. The van der Waals surface area contributed by atoms with Crippen LogP contribution in [0.3, 0.4) is 0 Å². The second-order valence-electron chi connectivity index (χ2n) is 9.39. The van der Waals surface area contributed by atoms with Crippen LogP contribution in [-0.2, 0) is 14.4 Å². The first-order valence-electron chi connectivity index (χ1n) is 11.8. The predicted molar refractivity (Wildman–Crippen MR) is 120 cm³/mol. The second-order valence-corrected chi connectivity index (χ2v) is 9.39. The summed E-state index contributed by atoms with van der Waals surface area (Å²) in [7, 11) is 1.68. The molecule has 3 aliphatic rings. The number of ether oxygens (including phenoxy) is 1. The molecule has 2 aliphatic heterocycles. The van der Waals surface area contributed by atoms with Gasteiger partial charge in [-0.1, -0.05) is 12.8 Å². The molecule has 3 heterocycles. The van der Waals surface area contributed by atoms with Crippen LogP contribution in [0.15, 0.2) is 24.4 Å². The number of nitrogens with one attached hydrogen (secondary N) is 1. The number of benzene rings is 1. The SMILES string of the molecule is COc1ccc2[nH]cc(C3CCN(C(=O)CCN4C(=O)C5CCCCC5C4=O)CC3)c2c1. The highest BCUT2D eigenvalue weighted by Crippen LogP contribution is 2.38. The molecule has 2 saturated heterocycles. The van der Waals surface area contributed by atoms with Crippen LogP contribution in [0.25, 0.3) is 10.9 Å². The molecule has 170 valence electrons. The number of carbonyl (C=O) groups is 3. The molecule has 1 aliphatic carbocycles. The first kappa shape index (κ1) is 21.0. The fraction of sp³-hybridized carbons (Fsp3) is 0.560. The number of hydrogen-bond acceptors (Lipinski definition) is 4. The number of amides is 3. The quantitative estimate of drug-likeness (QED) is 0.727. The maximum Gasteiger partial charge on any atom is 0.233 e. The van der Waals surface area contributed by atoms with Gasteiger partial charge < -0.3 is 14.6 Å². The molecule has 0 spiro atoms. The zero-order valence-corrected chi connectivity index (χ0v) is 18.6. The smallest absolute Gasteiger partial charge is 0.233 e. The van der Waals surface area contributed by atoms with Gasteiger partial charge in [-0.2, -0.15) is 0 Å². The third-order valence-electron chi connectivity index (χ3n) is 7.69. The molecule has 1 aromatic heterocycles. The van der Waals surface area contributed by atoms with Crippen molar-refractivity contribution in [3.8, 4) is 5.75 Å². The van der Waals surface area contributed by atoms with Crippen LogP contribution in [0.1, 0.15) is 56.4 Å². The van der Waals surface area contributed by atoms with Crippen molar-refractivity contribution in [3.63, 3.8) is 0 Å². The number of likely N-dealkylation sites (tertiary alicyclic amines) is 2. The normalized spacial score (nSPS) is 24.3. The number of rotatable bonds is 5. The van der Waals surface area contributed by atoms with Crippen molar-refractivity contribution in [1.29, 1.82) is 0 Å². The number of carbonyl (C=O) groups excluding carboxylic acids is 3.